The molecule has 0 aliphatic carbocycles. The van der Waals surface area contributed by atoms with Gasteiger partial charge in [0.25, 0.3) is 0 Å². The van der Waals surface area contributed by atoms with Crippen molar-refractivity contribution < 1.29 is 15.4 Å². The third-order valence-electron chi connectivity index (χ3n) is 3.62. The average Bonchev–Trinajstić information content (AvgIpc) is 2.71. The van der Waals surface area contributed by atoms with Crippen LogP contribution in [0.1, 0.15) is 18.9 Å². The number of aromatic hydroxyl groups is 1. The Morgan fingerprint density at radius 3 is 2.78 bits per heavy atom. The topological polar surface area (TPSA) is 68.9 Å². The standard InChI is InChI=1S/C13H16N2O3/c16-12-10-5-2-1-4-9(10)8-14(12)11-6-3-7-15(18)13(11)17/h1-2,4-5,8,11,13,16-18H,3,6-7H2. The first kappa shape index (κ1) is 11.5. The van der Waals surface area contributed by atoms with Crippen LogP contribution in [-0.4, -0.2) is 37.8 Å². The molecular weight excluding hydrogens is 232 g/mol. The summed E-state index contributed by atoms with van der Waals surface area (Å²) < 4.78 is 1.65. The zero-order valence-electron chi connectivity index (χ0n) is 9.90. The Morgan fingerprint density at radius 1 is 1.22 bits per heavy atom. The Morgan fingerprint density at radius 2 is 2.00 bits per heavy atom. The van der Waals surface area contributed by atoms with Crippen LogP contribution >= 0.6 is 0 Å². The summed E-state index contributed by atoms with van der Waals surface area (Å²) in [5, 5.41) is 32.4. The number of aliphatic hydroxyl groups excluding tert-OH is 1. The second-order valence-corrected chi connectivity index (χ2v) is 4.73. The van der Waals surface area contributed by atoms with Crippen LogP contribution < -0.4 is 0 Å². The molecule has 0 bridgehead atoms. The fourth-order valence-corrected chi connectivity index (χ4v) is 2.64. The van der Waals surface area contributed by atoms with E-state index in [9.17, 15) is 15.4 Å². The minimum Gasteiger partial charge on any atom is -0.494 e. The highest BCUT2D eigenvalue weighted by atomic mass is 16.5. The Balaban J connectivity index is 2.06. The molecule has 3 N–H and O–H groups in total. The van der Waals surface area contributed by atoms with E-state index in [1.54, 1.807) is 4.57 Å². The van der Waals surface area contributed by atoms with Crippen LogP contribution in [-0.2, 0) is 0 Å². The van der Waals surface area contributed by atoms with Gasteiger partial charge >= 0.3 is 0 Å². The molecule has 1 saturated heterocycles. The number of aromatic nitrogens is 1. The van der Waals surface area contributed by atoms with Crippen molar-refractivity contribution in [2.45, 2.75) is 25.1 Å². The van der Waals surface area contributed by atoms with Crippen LogP contribution in [0.2, 0.25) is 0 Å². The van der Waals surface area contributed by atoms with Crippen molar-refractivity contribution in [3.63, 3.8) is 0 Å². The lowest BCUT2D eigenvalue weighted by Gasteiger charge is -2.34. The number of hydroxylamine groups is 2. The highest BCUT2D eigenvalue weighted by molar-refractivity contribution is 5.87. The smallest absolute Gasteiger partial charge is 0.199 e. The van der Waals surface area contributed by atoms with Gasteiger partial charge in [-0.2, -0.15) is 5.06 Å². The monoisotopic (exact) mass is 248 g/mol. The molecule has 0 spiro atoms. The van der Waals surface area contributed by atoms with Gasteiger partial charge in [-0.1, -0.05) is 18.2 Å². The van der Waals surface area contributed by atoms with Crippen molar-refractivity contribution in [1.29, 1.82) is 0 Å². The van der Waals surface area contributed by atoms with E-state index in [4.69, 9.17) is 0 Å². The SMILES string of the molecule is Oc1c2ccccc2cn1C1CCCN(O)C1O. The van der Waals surface area contributed by atoms with E-state index in [0.717, 1.165) is 28.7 Å². The number of hydrogen-bond donors (Lipinski definition) is 3. The van der Waals surface area contributed by atoms with Crippen molar-refractivity contribution in [3.05, 3.63) is 30.5 Å². The molecule has 18 heavy (non-hydrogen) atoms. The van der Waals surface area contributed by atoms with E-state index >= 15 is 0 Å². The van der Waals surface area contributed by atoms with Crippen LogP contribution in [0.4, 0.5) is 0 Å². The maximum Gasteiger partial charge on any atom is 0.199 e. The van der Waals surface area contributed by atoms with Crippen molar-refractivity contribution in [2.24, 2.45) is 0 Å². The molecule has 0 amide bonds. The number of nitrogens with zero attached hydrogens (tertiary/aromatic N) is 2. The first-order chi connectivity index (χ1) is 8.68. The van der Waals surface area contributed by atoms with Crippen molar-refractivity contribution in [3.8, 4) is 5.88 Å². The summed E-state index contributed by atoms with van der Waals surface area (Å²) in [7, 11) is 0. The molecule has 2 atom stereocenters. The third kappa shape index (κ3) is 1.68. The van der Waals surface area contributed by atoms with E-state index in [1.165, 1.54) is 0 Å². The van der Waals surface area contributed by atoms with Gasteiger partial charge in [-0.05, 0) is 18.9 Å². The highest BCUT2D eigenvalue weighted by Gasteiger charge is 2.31. The van der Waals surface area contributed by atoms with E-state index in [2.05, 4.69) is 0 Å². The zero-order valence-corrected chi connectivity index (χ0v) is 9.90. The first-order valence-corrected chi connectivity index (χ1v) is 6.10. The minimum atomic E-state index is -0.980. The average molecular weight is 248 g/mol. The van der Waals surface area contributed by atoms with Gasteiger partial charge < -0.3 is 20.0 Å². The minimum absolute atomic E-state index is 0.143. The predicted molar refractivity (Wildman–Crippen MR) is 66.4 cm³/mol. The molecule has 1 aromatic carbocycles. The van der Waals surface area contributed by atoms with E-state index in [1.807, 2.05) is 30.5 Å². The van der Waals surface area contributed by atoms with E-state index in [0.29, 0.717) is 6.54 Å². The highest BCUT2D eigenvalue weighted by Crippen LogP contribution is 2.35. The van der Waals surface area contributed by atoms with Gasteiger partial charge in [-0.15, -0.1) is 0 Å². The molecule has 1 fully saturated rings. The molecule has 0 radical (unpaired) electrons. The quantitative estimate of drug-likeness (QED) is 0.718. The lowest BCUT2D eigenvalue weighted by molar-refractivity contribution is -0.227. The fraction of sp³-hybridized carbons (Fsp3) is 0.385. The number of rotatable bonds is 1. The van der Waals surface area contributed by atoms with Crippen molar-refractivity contribution in [1.82, 2.24) is 9.63 Å². The van der Waals surface area contributed by atoms with E-state index in [-0.39, 0.29) is 11.9 Å². The summed E-state index contributed by atoms with van der Waals surface area (Å²) in [6, 6.07) is 7.20. The summed E-state index contributed by atoms with van der Waals surface area (Å²) in [4.78, 5) is 0. The lowest BCUT2D eigenvalue weighted by Crippen LogP contribution is -2.43. The number of aliphatic hydroxyl groups is 1. The lowest BCUT2D eigenvalue weighted by atomic mass is 10.1. The van der Waals surface area contributed by atoms with Crippen LogP contribution in [0.3, 0.4) is 0 Å². The largest absolute Gasteiger partial charge is 0.494 e. The molecule has 96 valence electrons. The number of piperidine rings is 1. The Hall–Kier alpha value is -1.56. The normalized spacial score (nSPS) is 25.7. The second kappa shape index (κ2) is 4.28. The summed E-state index contributed by atoms with van der Waals surface area (Å²) in [6.07, 6.45) is 2.35. The second-order valence-electron chi connectivity index (χ2n) is 4.73. The number of hydrogen-bond acceptors (Lipinski definition) is 4. The fourth-order valence-electron chi connectivity index (χ4n) is 2.64. The van der Waals surface area contributed by atoms with Crippen molar-refractivity contribution >= 4 is 10.8 Å². The van der Waals surface area contributed by atoms with Gasteiger partial charge in [0.05, 0.1) is 6.04 Å². The van der Waals surface area contributed by atoms with Gasteiger partial charge in [0.2, 0.25) is 0 Å². The zero-order chi connectivity index (χ0) is 12.7. The van der Waals surface area contributed by atoms with Gasteiger partial charge in [-0.25, -0.2) is 0 Å². The van der Waals surface area contributed by atoms with Crippen molar-refractivity contribution in [2.75, 3.05) is 6.54 Å². The van der Waals surface area contributed by atoms with Crippen LogP contribution in [0.25, 0.3) is 10.8 Å². The molecule has 5 nitrogen and oxygen atoms in total. The molecule has 2 unspecified atom stereocenters. The number of benzene rings is 1. The summed E-state index contributed by atoms with van der Waals surface area (Å²) in [5.74, 6) is 0.143. The van der Waals surface area contributed by atoms with Gasteiger partial charge in [0, 0.05) is 23.5 Å². The van der Waals surface area contributed by atoms with E-state index < -0.39 is 6.23 Å². The van der Waals surface area contributed by atoms with Crippen LogP contribution in [0.15, 0.2) is 30.5 Å². The Kier molecular flexibility index (Phi) is 2.74. The predicted octanol–water partition coefficient (Wildman–Crippen LogP) is 1.69. The molecule has 0 saturated carbocycles. The Bertz CT molecular complexity index is 566. The molecule has 1 aliphatic rings. The maximum absolute atomic E-state index is 10.2. The summed E-state index contributed by atoms with van der Waals surface area (Å²) >= 11 is 0. The van der Waals surface area contributed by atoms with Crippen LogP contribution in [0.5, 0.6) is 5.88 Å². The molecule has 2 heterocycles. The summed E-state index contributed by atoms with van der Waals surface area (Å²) in [5.41, 5.74) is 0. The van der Waals surface area contributed by atoms with Gasteiger partial charge in [0.15, 0.2) is 5.88 Å². The molecule has 1 aliphatic heterocycles. The van der Waals surface area contributed by atoms with Gasteiger partial charge in [-0.3, -0.25) is 0 Å². The molecule has 2 aromatic rings. The molecule has 1 aromatic heterocycles. The maximum atomic E-state index is 10.2. The molecule has 5 heteroatoms. The Labute approximate surface area is 104 Å². The number of fused-ring (bicyclic) bond motifs is 1. The third-order valence-corrected chi connectivity index (χ3v) is 3.62. The van der Waals surface area contributed by atoms with Crippen LogP contribution in [0, 0.1) is 0 Å². The van der Waals surface area contributed by atoms with Gasteiger partial charge in [0.1, 0.15) is 6.23 Å². The molecular formula is C13H16N2O3. The molecule has 3 rings (SSSR count). The summed E-state index contributed by atoms with van der Waals surface area (Å²) in [6.45, 7) is 0.458. The first-order valence-electron chi connectivity index (χ1n) is 6.10.